The van der Waals surface area contributed by atoms with E-state index in [9.17, 15) is 4.79 Å². The molecule has 2 heterocycles. The van der Waals surface area contributed by atoms with Crippen LogP contribution in [0.25, 0.3) is 0 Å². The highest BCUT2D eigenvalue weighted by atomic mass is 32.1. The molecule has 102 valence electrons. The molecular weight excluding hydrogens is 262 g/mol. The molecule has 1 aliphatic rings. The highest BCUT2D eigenvalue weighted by Crippen LogP contribution is 2.19. The number of likely N-dealkylation sites (tertiary alicyclic amines) is 1. The number of methoxy groups -OCH3 is 1. The number of hydrogen-bond acceptors (Lipinski definition) is 5. The van der Waals surface area contributed by atoms with Crippen molar-refractivity contribution in [2.45, 2.75) is 25.4 Å². The molecule has 1 aromatic heterocycles. The van der Waals surface area contributed by atoms with Gasteiger partial charge in [-0.15, -0.1) is 0 Å². The summed E-state index contributed by atoms with van der Waals surface area (Å²) in [5.41, 5.74) is 7.09. The first-order chi connectivity index (χ1) is 9.11. The lowest BCUT2D eigenvalue weighted by Gasteiger charge is -2.22. The monoisotopic (exact) mass is 279 g/mol. The second kappa shape index (κ2) is 6.08. The number of thiocarbonyl (C=S) groups is 1. The third-order valence-electron chi connectivity index (χ3n) is 3.30. The molecular formula is C13H17N3O2S. The maximum atomic E-state index is 11.3. The minimum Gasteiger partial charge on any atom is -0.465 e. The zero-order chi connectivity index (χ0) is 13.8. The molecule has 2 N–H and O–H groups in total. The van der Waals surface area contributed by atoms with Crippen LogP contribution >= 0.6 is 12.2 Å². The topological polar surface area (TPSA) is 68.5 Å². The Morgan fingerprint density at radius 2 is 2.42 bits per heavy atom. The van der Waals surface area contributed by atoms with Crippen LogP contribution in [0.1, 0.15) is 28.9 Å². The second-order valence-electron chi connectivity index (χ2n) is 4.56. The number of nitrogens with two attached hydrogens (primary N) is 1. The lowest BCUT2D eigenvalue weighted by Crippen LogP contribution is -2.38. The maximum absolute atomic E-state index is 11.3. The highest BCUT2D eigenvalue weighted by molar-refractivity contribution is 7.80. The lowest BCUT2D eigenvalue weighted by molar-refractivity contribution is 0.0600. The van der Waals surface area contributed by atoms with Gasteiger partial charge in [0.15, 0.2) is 0 Å². The van der Waals surface area contributed by atoms with Gasteiger partial charge in [-0.1, -0.05) is 12.2 Å². The minimum atomic E-state index is -0.374. The molecule has 1 aromatic rings. The van der Waals surface area contributed by atoms with E-state index in [-0.39, 0.29) is 12.0 Å². The first kappa shape index (κ1) is 13.9. The van der Waals surface area contributed by atoms with Crippen LogP contribution in [0.3, 0.4) is 0 Å². The van der Waals surface area contributed by atoms with Gasteiger partial charge in [0.05, 0.1) is 29.4 Å². The van der Waals surface area contributed by atoms with Crippen molar-refractivity contribution in [2.75, 3.05) is 13.7 Å². The minimum absolute atomic E-state index is 0.164. The number of nitrogens with zero attached hydrogens (tertiary/aromatic N) is 2. The molecule has 5 nitrogen and oxygen atoms in total. The van der Waals surface area contributed by atoms with Crippen molar-refractivity contribution in [1.29, 1.82) is 0 Å². The maximum Gasteiger partial charge on any atom is 0.339 e. The summed E-state index contributed by atoms with van der Waals surface area (Å²) in [7, 11) is 1.35. The van der Waals surface area contributed by atoms with Crippen molar-refractivity contribution in [3.63, 3.8) is 0 Å². The molecule has 1 atom stereocenters. The summed E-state index contributed by atoms with van der Waals surface area (Å²) in [6, 6.07) is 3.72. The quantitative estimate of drug-likeness (QED) is 0.658. The first-order valence-corrected chi connectivity index (χ1v) is 6.59. The van der Waals surface area contributed by atoms with Gasteiger partial charge in [0.25, 0.3) is 0 Å². The van der Waals surface area contributed by atoms with E-state index in [2.05, 4.69) is 14.6 Å². The van der Waals surface area contributed by atoms with Gasteiger partial charge in [-0.05, 0) is 31.5 Å². The average molecular weight is 279 g/mol. The second-order valence-corrected chi connectivity index (χ2v) is 5.03. The molecule has 0 aliphatic carbocycles. The molecule has 1 aliphatic heterocycles. The standard InChI is InChI=1S/C13H17N3O2S/c1-18-13(17)9-4-5-10(15-7-9)8-16-6-2-3-11(16)12(14)19/h4-5,7,11H,2-3,6,8H2,1H3,(H2,14,19). The molecule has 19 heavy (non-hydrogen) atoms. The van der Waals surface area contributed by atoms with Gasteiger partial charge < -0.3 is 10.5 Å². The summed E-state index contributed by atoms with van der Waals surface area (Å²) in [6.07, 6.45) is 3.64. The van der Waals surface area contributed by atoms with Gasteiger partial charge in [0.2, 0.25) is 0 Å². The summed E-state index contributed by atoms with van der Waals surface area (Å²) in [4.78, 5) is 18.4. The number of carbonyl (C=O) groups excluding carboxylic acids is 1. The Balaban J connectivity index is 2.03. The Morgan fingerprint density at radius 1 is 1.63 bits per heavy atom. The molecule has 0 radical (unpaired) electrons. The molecule has 0 aromatic carbocycles. The summed E-state index contributed by atoms with van der Waals surface area (Å²) < 4.78 is 4.64. The van der Waals surface area contributed by atoms with Crippen LogP contribution in [0.15, 0.2) is 18.3 Å². The van der Waals surface area contributed by atoms with E-state index in [1.165, 1.54) is 13.3 Å². The largest absolute Gasteiger partial charge is 0.465 e. The normalized spacial score (nSPS) is 19.3. The van der Waals surface area contributed by atoms with Gasteiger partial charge in [-0.3, -0.25) is 9.88 Å². The highest BCUT2D eigenvalue weighted by Gasteiger charge is 2.26. The SMILES string of the molecule is COC(=O)c1ccc(CN2CCCC2C(N)=S)nc1. The molecule has 1 unspecified atom stereocenters. The lowest BCUT2D eigenvalue weighted by atomic mass is 10.2. The zero-order valence-corrected chi connectivity index (χ0v) is 11.7. The molecule has 1 fully saturated rings. The van der Waals surface area contributed by atoms with Crippen LogP contribution in [0.4, 0.5) is 0 Å². The number of aromatic nitrogens is 1. The van der Waals surface area contributed by atoms with Crippen LogP contribution in [0, 0.1) is 0 Å². The van der Waals surface area contributed by atoms with Gasteiger partial charge >= 0.3 is 5.97 Å². The number of pyridine rings is 1. The van der Waals surface area contributed by atoms with Crippen LogP contribution in [0.5, 0.6) is 0 Å². The fourth-order valence-corrected chi connectivity index (χ4v) is 2.57. The summed E-state index contributed by atoms with van der Waals surface area (Å²) >= 11 is 5.07. The Labute approximate surface area is 117 Å². The van der Waals surface area contributed by atoms with E-state index in [0.29, 0.717) is 17.1 Å². The van der Waals surface area contributed by atoms with Crippen LogP contribution in [-0.4, -0.2) is 40.5 Å². The van der Waals surface area contributed by atoms with Crippen molar-refractivity contribution in [3.8, 4) is 0 Å². The molecule has 6 heteroatoms. The zero-order valence-electron chi connectivity index (χ0n) is 10.8. The van der Waals surface area contributed by atoms with Gasteiger partial charge in [0, 0.05) is 12.7 Å². The van der Waals surface area contributed by atoms with E-state index in [0.717, 1.165) is 25.1 Å². The fraction of sp³-hybridized carbons (Fsp3) is 0.462. The third kappa shape index (κ3) is 3.27. The van der Waals surface area contributed by atoms with Crippen molar-refractivity contribution < 1.29 is 9.53 Å². The Kier molecular flexibility index (Phi) is 4.44. The van der Waals surface area contributed by atoms with E-state index in [4.69, 9.17) is 18.0 Å². The van der Waals surface area contributed by atoms with Crippen LogP contribution < -0.4 is 5.73 Å². The molecule has 0 amide bonds. The average Bonchev–Trinajstić information content (AvgIpc) is 2.87. The van der Waals surface area contributed by atoms with E-state index < -0.39 is 0 Å². The summed E-state index contributed by atoms with van der Waals surface area (Å²) in [5.74, 6) is -0.374. The van der Waals surface area contributed by atoms with E-state index in [1.54, 1.807) is 6.07 Å². The van der Waals surface area contributed by atoms with E-state index in [1.807, 2.05) is 6.07 Å². The first-order valence-electron chi connectivity index (χ1n) is 6.18. The van der Waals surface area contributed by atoms with E-state index >= 15 is 0 Å². The Morgan fingerprint density at radius 3 is 3.00 bits per heavy atom. The van der Waals surface area contributed by atoms with Crippen LogP contribution in [0.2, 0.25) is 0 Å². The molecule has 2 rings (SSSR count). The molecule has 0 saturated carbocycles. The predicted octanol–water partition coefficient (Wildman–Crippen LogP) is 1.12. The van der Waals surface area contributed by atoms with Crippen molar-refractivity contribution in [3.05, 3.63) is 29.6 Å². The Bertz CT molecular complexity index is 475. The number of rotatable bonds is 4. The van der Waals surface area contributed by atoms with Crippen molar-refractivity contribution in [1.82, 2.24) is 9.88 Å². The number of esters is 1. The smallest absolute Gasteiger partial charge is 0.339 e. The Hall–Kier alpha value is -1.53. The predicted molar refractivity (Wildman–Crippen MR) is 75.8 cm³/mol. The number of ether oxygens (including phenoxy) is 1. The number of hydrogen-bond donors (Lipinski definition) is 1. The summed E-state index contributed by atoms with van der Waals surface area (Å²) in [5, 5.41) is 0. The summed E-state index contributed by atoms with van der Waals surface area (Å²) in [6.45, 7) is 1.67. The van der Waals surface area contributed by atoms with Crippen molar-refractivity contribution in [2.24, 2.45) is 5.73 Å². The molecule has 0 bridgehead atoms. The van der Waals surface area contributed by atoms with Gasteiger partial charge in [-0.25, -0.2) is 4.79 Å². The van der Waals surface area contributed by atoms with Gasteiger partial charge in [-0.2, -0.15) is 0 Å². The number of carbonyl (C=O) groups is 1. The van der Waals surface area contributed by atoms with Gasteiger partial charge in [0.1, 0.15) is 0 Å². The van der Waals surface area contributed by atoms with Crippen molar-refractivity contribution >= 4 is 23.2 Å². The molecule has 1 saturated heterocycles. The fourth-order valence-electron chi connectivity index (χ4n) is 2.30. The molecule has 0 spiro atoms. The van der Waals surface area contributed by atoms with Crippen LogP contribution in [-0.2, 0) is 11.3 Å². The third-order valence-corrected chi connectivity index (χ3v) is 3.58.